The molecule has 0 saturated carbocycles. The van der Waals surface area contributed by atoms with E-state index in [0.717, 1.165) is 6.07 Å². The molecule has 0 amide bonds. The number of aromatic amines is 1. The summed E-state index contributed by atoms with van der Waals surface area (Å²) in [6.45, 7) is 0.0524. The van der Waals surface area contributed by atoms with Gasteiger partial charge in [0.15, 0.2) is 0 Å². The van der Waals surface area contributed by atoms with Crippen molar-refractivity contribution in [2.45, 2.75) is 12.4 Å². The van der Waals surface area contributed by atoms with E-state index in [1.54, 1.807) is 0 Å². The fourth-order valence-electron chi connectivity index (χ4n) is 2.85. The zero-order valence-corrected chi connectivity index (χ0v) is 16.2. The van der Waals surface area contributed by atoms with Crippen molar-refractivity contribution in [2.75, 3.05) is 13.2 Å². The quantitative estimate of drug-likeness (QED) is 0.436. The highest BCUT2D eigenvalue weighted by molar-refractivity contribution is 6.31. The van der Waals surface area contributed by atoms with Gasteiger partial charge in [-0.1, -0.05) is 17.7 Å². The van der Waals surface area contributed by atoms with Crippen LogP contribution in [0.4, 0.5) is 26.3 Å². The fraction of sp³-hybridized carbons (Fsp3) is 0.211. The van der Waals surface area contributed by atoms with Gasteiger partial charge in [0.05, 0.1) is 21.8 Å². The molecule has 0 fully saturated rings. The van der Waals surface area contributed by atoms with E-state index >= 15 is 0 Å². The molecule has 0 bridgehead atoms. The molecule has 3 aromatic rings. The summed E-state index contributed by atoms with van der Waals surface area (Å²) in [5, 5.41) is 15.6. The second-order valence-corrected chi connectivity index (χ2v) is 6.74. The van der Waals surface area contributed by atoms with E-state index in [1.807, 2.05) is 5.10 Å². The average Bonchev–Trinajstić information content (AvgIpc) is 3.16. The van der Waals surface area contributed by atoms with Crippen LogP contribution in [0.15, 0.2) is 36.4 Å². The lowest BCUT2D eigenvalue weighted by atomic mass is 9.97. The molecule has 0 atom stereocenters. The second-order valence-electron chi connectivity index (χ2n) is 6.33. The smallest absolute Gasteiger partial charge is 0.432 e. The third-order valence-corrected chi connectivity index (χ3v) is 4.56. The number of halogens is 7. The zero-order chi connectivity index (χ0) is 23.0. The number of benzene rings is 2. The van der Waals surface area contributed by atoms with Crippen molar-refractivity contribution in [3.8, 4) is 33.9 Å². The van der Waals surface area contributed by atoms with Crippen LogP contribution in [-0.2, 0) is 12.4 Å². The number of rotatable bonds is 5. The maximum absolute atomic E-state index is 13.3. The monoisotopic (exact) mass is 465 g/mol. The van der Waals surface area contributed by atoms with E-state index in [4.69, 9.17) is 22.1 Å². The van der Waals surface area contributed by atoms with Gasteiger partial charge < -0.3 is 15.6 Å². The minimum absolute atomic E-state index is 0.0197. The average molecular weight is 466 g/mol. The molecule has 0 aliphatic rings. The number of H-pyrrole nitrogens is 1. The van der Waals surface area contributed by atoms with Gasteiger partial charge in [0.25, 0.3) is 0 Å². The van der Waals surface area contributed by atoms with Crippen molar-refractivity contribution in [1.82, 2.24) is 10.2 Å². The van der Waals surface area contributed by atoms with Crippen LogP contribution < -0.4 is 10.5 Å². The molecule has 166 valence electrons. The van der Waals surface area contributed by atoms with Crippen molar-refractivity contribution < 1.29 is 36.2 Å². The van der Waals surface area contributed by atoms with Crippen molar-refractivity contribution in [3.05, 3.63) is 52.7 Å². The molecule has 0 unspecified atom stereocenters. The van der Waals surface area contributed by atoms with Crippen molar-refractivity contribution in [3.63, 3.8) is 0 Å². The zero-order valence-electron chi connectivity index (χ0n) is 15.4. The molecule has 5 nitrogen and oxygen atoms in total. The van der Waals surface area contributed by atoms with Crippen LogP contribution in [0.2, 0.25) is 5.02 Å². The first-order valence-corrected chi connectivity index (χ1v) is 9.00. The van der Waals surface area contributed by atoms with Gasteiger partial charge in [-0.2, -0.15) is 31.4 Å². The first-order chi connectivity index (χ1) is 14.4. The van der Waals surface area contributed by atoms with Crippen LogP contribution in [0.1, 0.15) is 11.3 Å². The maximum atomic E-state index is 13.3. The van der Waals surface area contributed by atoms with Gasteiger partial charge in [-0.05, 0) is 35.9 Å². The number of phenols is 1. The van der Waals surface area contributed by atoms with Gasteiger partial charge in [-0.3, -0.25) is 5.10 Å². The Labute approximate surface area is 176 Å². The fourth-order valence-corrected chi connectivity index (χ4v) is 3.08. The molecule has 0 radical (unpaired) electrons. The van der Waals surface area contributed by atoms with Crippen LogP contribution in [-0.4, -0.2) is 28.5 Å². The van der Waals surface area contributed by atoms with Gasteiger partial charge in [-0.15, -0.1) is 0 Å². The predicted molar refractivity (Wildman–Crippen MR) is 101 cm³/mol. The summed E-state index contributed by atoms with van der Waals surface area (Å²) < 4.78 is 83.9. The van der Waals surface area contributed by atoms with Gasteiger partial charge >= 0.3 is 12.4 Å². The number of nitrogens with zero attached hydrogens (tertiary/aromatic N) is 1. The van der Waals surface area contributed by atoms with E-state index in [1.165, 1.54) is 18.2 Å². The first-order valence-electron chi connectivity index (χ1n) is 8.62. The summed E-state index contributed by atoms with van der Waals surface area (Å²) in [6, 6.07) is 6.13. The van der Waals surface area contributed by atoms with E-state index < -0.39 is 34.4 Å². The molecule has 0 spiro atoms. The van der Waals surface area contributed by atoms with Crippen LogP contribution in [0.3, 0.4) is 0 Å². The predicted octanol–water partition coefficient (Wildman–Crippen LogP) is 5.48. The highest BCUT2D eigenvalue weighted by Crippen LogP contribution is 2.46. The van der Waals surface area contributed by atoms with Crippen molar-refractivity contribution >= 4 is 11.6 Å². The Morgan fingerprint density at radius 1 is 1.03 bits per heavy atom. The van der Waals surface area contributed by atoms with Crippen molar-refractivity contribution in [2.24, 2.45) is 5.73 Å². The number of phenolic OH excluding ortho intramolecular Hbond substituents is 1. The number of hydrogen-bond donors (Lipinski definition) is 3. The molecule has 0 aliphatic carbocycles. The van der Waals surface area contributed by atoms with Gasteiger partial charge in [0.1, 0.15) is 23.8 Å². The molecule has 1 heterocycles. The molecule has 3 rings (SSSR count). The Balaban J connectivity index is 2.20. The van der Waals surface area contributed by atoms with Crippen LogP contribution in [0.5, 0.6) is 11.5 Å². The minimum Gasteiger partial charge on any atom is -0.506 e. The largest absolute Gasteiger partial charge is 0.506 e. The summed E-state index contributed by atoms with van der Waals surface area (Å²) in [5.41, 5.74) is 2.38. The lowest BCUT2D eigenvalue weighted by Crippen LogP contribution is -2.11. The highest BCUT2D eigenvalue weighted by atomic mass is 35.5. The third kappa shape index (κ3) is 4.72. The highest BCUT2D eigenvalue weighted by Gasteiger charge is 2.35. The lowest BCUT2D eigenvalue weighted by molar-refractivity contribution is -0.141. The van der Waals surface area contributed by atoms with Crippen molar-refractivity contribution in [1.29, 1.82) is 0 Å². The molecular weight excluding hydrogens is 452 g/mol. The molecule has 4 N–H and O–H groups in total. The van der Waals surface area contributed by atoms with Gasteiger partial charge in [0.2, 0.25) is 0 Å². The number of aromatic hydroxyl groups is 1. The van der Waals surface area contributed by atoms with Gasteiger partial charge in [0, 0.05) is 12.1 Å². The van der Waals surface area contributed by atoms with E-state index in [9.17, 15) is 31.4 Å². The number of hydrogen-bond acceptors (Lipinski definition) is 4. The van der Waals surface area contributed by atoms with E-state index in [-0.39, 0.29) is 41.3 Å². The topological polar surface area (TPSA) is 84.2 Å². The first kappa shape index (κ1) is 22.8. The molecule has 0 aliphatic heterocycles. The molecule has 2 aromatic carbocycles. The number of nitrogens with two attached hydrogens (primary N) is 1. The Hall–Kier alpha value is -2.92. The summed E-state index contributed by atoms with van der Waals surface area (Å²) in [6.07, 6.45) is -9.48. The Morgan fingerprint density at radius 2 is 1.74 bits per heavy atom. The lowest BCUT2D eigenvalue weighted by Gasteiger charge is -2.17. The van der Waals surface area contributed by atoms with Crippen LogP contribution in [0.25, 0.3) is 22.4 Å². The van der Waals surface area contributed by atoms with E-state index in [0.29, 0.717) is 12.1 Å². The minimum atomic E-state index is -4.78. The normalized spacial score (nSPS) is 12.3. The summed E-state index contributed by atoms with van der Waals surface area (Å²) in [4.78, 5) is 0. The molecule has 1 aromatic heterocycles. The molecule has 12 heteroatoms. The van der Waals surface area contributed by atoms with Crippen LogP contribution in [0, 0.1) is 0 Å². The molecular formula is C19H14ClF6N3O2. The number of nitrogens with one attached hydrogen (secondary N) is 1. The number of alkyl halides is 6. The second kappa shape index (κ2) is 8.31. The summed E-state index contributed by atoms with van der Waals surface area (Å²) >= 11 is 5.65. The van der Waals surface area contributed by atoms with Gasteiger partial charge in [-0.25, -0.2) is 0 Å². The summed E-state index contributed by atoms with van der Waals surface area (Å²) in [7, 11) is 0. The Morgan fingerprint density at radius 3 is 2.32 bits per heavy atom. The van der Waals surface area contributed by atoms with Crippen LogP contribution >= 0.6 is 11.6 Å². The molecule has 0 saturated heterocycles. The maximum Gasteiger partial charge on any atom is 0.432 e. The SMILES string of the molecule is NCCOc1ccc(-c2cc(C(F)(F)F)[nH]n2)c(O)c1-c1ccc(Cl)c(C(F)(F)F)c1. The third-order valence-electron chi connectivity index (χ3n) is 4.23. The molecule has 31 heavy (non-hydrogen) atoms. The Bertz CT molecular complexity index is 1100. The number of aromatic nitrogens is 2. The van der Waals surface area contributed by atoms with E-state index in [2.05, 4.69) is 5.10 Å². The summed E-state index contributed by atoms with van der Waals surface area (Å²) in [5.74, 6) is -0.640. The standard InChI is InChI=1S/C19H14ClF6N3O2/c20-12-3-1-9(7-11(12)18(21,22)23)16-14(31-6-5-27)4-2-10(17(16)30)13-8-15(29-28-13)19(24,25)26/h1-4,7-8,30H,5-6,27H2,(H,28,29). The number of ether oxygens (including phenoxy) is 1. The Kier molecular flexibility index (Phi) is 6.10.